The number of rotatable bonds is 6. The number of benzene rings is 2. The zero-order valence-corrected chi connectivity index (χ0v) is 21.4. The quantitative estimate of drug-likeness (QED) is 0.127. The summed E-state index contributed by atoms with van der Waals surface area (Å²) in [5, 5.41) is 10.3. The smallest absolute Gasteiger partial charge is 0.337 e. The molecule has 0 aliphatic rings. The van der Waals surface area contributed by atoms with Crippen LogP contribution in [-0.4, -0.2) is 45.6 Å². The average Bonchev–Trinajstić information content (AvgIpc) is 3.25. The number of aromatic amines is 1. The van der Waals surface area contributed by atoms with Crippen molar-refractivity contribution in [3.8, 4) is 0 Å². The van der Waals surface area contributed by atoms with Gasteiger partial charge in [-0.2, -0.15) is 0 Å². The topological polar surface area (TPSA) is 116 Å². The number of thiocarbonyl (C=S) groups is 1. The van der Waals surface area contributed by atoms with Gasteiger partial charge in [-0.1, -0.05) is 0 Å². The van der Waals surface area contributed by atoms with Crippen molar-refractivity contribution < 1.29 is 13.9 Å². The molecule has 0 aliphatic heterocycles. The number of methoxy groups -OCH3 is 1. The predicted molar refractivity (Wildman–Crippen MR) is 147 cm³/mol. The summed E-state index contributed by atoms with van der Waals surface area (Å²) in [7, 11) is 1.33. The maximum Gasteiger partial charge on any atom is 0.337 e. The minimum absolute atomic E-state index is 0.274. The number of carbonyl (C=O) groups excluding carboxylic acids is 1. The highest BCUT2D eigenvalue weighted by molar-refractivity contribution is 7.80. The molecule has 0 bridgehead atoms. The van der Waals surface area contributed by atoms with Gasteiger partial charge in [0.2, 0.25) is 11.9 Å². The molecular weight excluding hydrogens is 493 g/mol. The summed E-state index contributed by atoms with van der Waals surface area (Å²) < 4.78 is 18.5. The maximum absolute atomic E-state index is 13.7. The molecular formula is C26H26FN7O2S. The molecule has 0 amide bonds. The maximum atomic E-state index is 13.7. The Hall–Kier alpha value is -4.38. The highest BCUT2D eigenvalue weighted by Crippen LogP contribution is 2.20. The molecule has 0 saturated carbocycles. The Morgan fingerprint density at radius 1 is 1.08 bits per heavy atom. The van der Waals surface area contributed by atoms with Crippen LogP contribution in [0.1, 0.15) is 27.3 Å². The Kier molecular flexibility index (Phi) is 8.04. The molecule has 2 heterocycles. The monoisotopic (exact) mass is 519 g/mol. The van der Waals surface area contributed by atoms with E-state index in [4.69, 9.17) is 17.0 Å². The van der Waals surface area contributed by atoms with E-state index in [1.165, 1.54) is 19.2 Å². The van der Waals surface area contributed by atoms with E-state index >= 15 is 0 Å². The van der Waals surface area contributed by atoms with Crippen LogP contribution in [-0.2, 0) is 11.2 Å². The Balaban J connectivity index is 1.48. The van der Waals surface area contributed by atoms with E-state index in [0.29, 0.717) is 36.1 Å². The number of H-pyrrole nitrogens is 1. The summed E-state index contributed by atoms with van der Waals surface area (Å²) in [6.07, 6.45) is 2.43. The lowest BCUT2D eigenvalue weighted by atomic mass is 10.1. The number of nitrogens with one attached hydrogen (secondary N) is 4. The lowest BCUT2D eigenvalue weighted by Crippen LogP contribution is -2.39. The van der Waals surface area contributed by atoms with Crippen molar-refractivity contribution in [2.24, 2.45) is 4.99 Å². The first-order valence-corrected chi connectivity index (χ1v) is 11.9. The van der Waals surface area contributed by atoms with Gasteiger partial charge in [0.15, 0.2) is 5.11 Å². The van der Waals surface area contributed by atoms with Crippen molar-refractivity contribution >= 4 is 51.8 Å². The minimum Gasteiger partial charge on any atom is -0.465 e. The molecule has 0 atom stereocenters. The normalized spacial score (nSPS) is 11.3. The van der Waals surface area contributed by atoms with Crippen molar-refractivity contribution in [2.45, 2.75) is 20.3 Å². The standard InChI is InChI=1S/C26H26FN7O2S/c1-15-12-16(2)31-25(30-15)33-24(28-11-10-18-14-29-22-9-6-19(27)13-21(18)22)34-26(37)32-20-7-4-17(5-8-20)23(35)36-3/h4-9,12-14,29H,10-11H2,1-3H3,(H3,28,30,31,32,33,34,37). The Bertz CT molecular complexity index is 1450. The lowest BCUT2D eigenvalue weighted by Gasteiger charge is -2.14. The molecule has 0 saturated heterocycles. The third-order valence-corrected chi connectivity index (χ3v) is 5.59. The number of anilines is 2. The van der Waals surface area contributed by atoms with Crippen LogP contribution in [0.2, 0.25) is 0 Å². The minimum atomic E-state index is -0.419. The molecule has 0 spiro atoms. The second-order valence-electron chi connectivity index (χ2n) is 8.23. The fourth-order valence-corrected chi connectivity index (χ4v) is 3.94. The number of ether oxygens (including phenoxy) is 1. The fraction of sp³-hybridized carbons (Fsp3) is 0.192. The van der Waals surface area contributed by atoms with E-state index in [-0.39, 0.29) is 10.9 Å². The van der Waals surface area contributed by atoms with Crippen molar-refractivity contribution in [3.63, 3.8) is 0 Å². The Labute approximate surface area is 218 Å². The SMILES string of the molecule is COC(=O)c1ccc(NC(=S)NC(=NCCc2c[nH]c3ccc(F)cc23)Nc2nc(C)cc(C)n2)cc1. The summed E-state index contributed by atoms with van der Waals surface area (Å²) in [6, 6.07) is 13.2. The molecule has 4 aromatic rings. The van der Waals surface area contributed by atoms with E-state index in [9.17, 15) is 9.18 Å². The van der Waals surface area contributed by atoms with E-state index in [1.54, 1.807) is 30.3 Å². The number of guanidine groups is 1. The van der Waals surface area contributed by atoms with E-state index in [2.05, 4.69) is 35.9 Å². The Morgan fingerprint density at radius 2 is 1.81 bits per heavy atom. The predicted octanol–water partition coefficient (Wildman–Crippen LogP) is 4.50. The van der Waals surface area contributed by atoms with Crippen LogP contribution in [0.25, 0.3) is 10.9 Å². The van der Waals surface area contributed by atoms with Crippen molar-refractivity contribution in [1.29, 1.82) is 0 Å². The van der Waals surface area contributed by atoms with Crippen LogP contribution in [0.15, 0.2) is 59.7 Å². The van der Waals surface area contributed by atoms with Crippen LogP contribution in [0, 0.1) is 19.7 Å². The summed E-state index contributed by atoms with van der Waals surface area (Å²) in [6.45, 7) is 4.15. The third-order valence-electron chi connectivity index (χ3n) is 5.39. The van der Waals surface area contributed by atoms with Gasteiger partial charge in [-0.05, 0) is 86.6 Å². The lowest BCUT2D eigenvalue weighted by molar-refractivity contribution is 0.0600. The van der Waals surface area contributed by atoms with Gasteiger partial charge in [0.05, 0.1) is 12.7 Å². The summed E-state index contributed by atoms with van der Waals surface area (Å²) >= 11 is 5.47. The number of aliphatic imine (C=N–C) groups is 1. The molecule has 2 aromatic heterocycles. The summed E-state index contributed by atoms with van der Waals surface area (Å²) in [4.78, 5) is 28.3. The van der Waals surface area contributed by atoms with Crippen LogP contribution in [0.5, 0.6) is 0 Å². The Morgan fingerprint density at radius 3 is 2.51 bits per heavy atom. The van der Waals surface area contributed by atoms with Crippen LogP contribution in [0.4, 0.5) is 16.0 Å². The zero-order chi connectivity index (χ0) is 26.4. The van der Waals surface area contributed by atoms with Crippen molar-refractivity contribution in [3.05, 3.63) is 83.1 Å². The number of nitrogens with zero attached hydrogens (tertiary/aromatic N) is 3. The zero-order valence-electron chi connectivity index (χ0n) is 20.6. The summed E-state index contributed by atoms with van der Waals surface area (Å²) in [5.74, 6) is 0.0176. The fourth-order valence-electron chi connectivity index (χ4n) is 3.72. The number of aromatic nitrogens is 3. The first kappa shape index (κ1) is 25.7. The first-order chi connectivity index (χ1) is 17.8. The number of hydrogen-bond acceptors (Lipinski definition) is 6. The molecule has 0 radical (unpaired) electrons. The van der Waals surface area contributed by atoms with E-state index < -0.39 is 5.97 Å². The molecule has 0 fully saturated rings. The largest absolute Gasteiger partial charge is 0.465 e. The van der Waals surface area contributed by atoms with Crippen molar-refractivity contribution in [2.75, 3.05) is 24.3 Å². The van der Waals surface area contributed by atoms with Gasteiger partial charge in [-0.25, -0.2) is 19.2 Å². The van der Waals surface area contributed by atoms with Crippen LogP contribution >= 0.6 is 12.2 Å². The molecule has 4 rings (SSSR count). The molecule has 11 heteroatoms. The number of fused-ring (bicyclic) bond motifs is 1. The van der Waals surface area contributed by atoms with Gasteiger partial charge < -0.3 is 20.4 Å². The van der Waals surface area contributed by atoms with E-state index in [1.807, 2.05) is 26.1 Å². The van der Waals surface area contributed by atoms with Gasteiger partial charge in [0.1, 0.15) is 5.82 Å². The highest BCUT2D eigenvalue weighted by Gasteiger charge is 2.10. The molecule has 37 heavy (non-hydrogen) atoms. The number of esters is 1. The average molecular weight is 520 g/mol. The molecule has 190 valence electrons. The number of hydrogen-bond donors (Lipinski definition) is 4. The van der Waals surface area contributed by atoms with Crippen molar-refractivity contribution in [1.82, 2.24) is 20.3 Å². The summed E-state index contributed by atoms with van der Waals surface area (Å²) in [5.41, 5.74) is 4.53. The molecule has 0 unspecified atom stereocenters. The van der Waals surface area contributed by atoms with Gasteiger partial charge in [0, 0.05) is 40.7 Å². The van der Waals surface area contributed by atoms with Gasteiger partial charge >= 0.3 is 5.97 Å². The molecule has 2 aromatic carbocycles. The van der Waals surface area contributed by atoms with Crippen LogP contribution in [0.3, 0.4) is 0 Å². The first-order valence-electron chi connectivity index (χ1n) is 11.5. The number of halogens is 1. The van der Waals surface area contributed by atoms with Crippen LogP contribution < -0.4 is 16.0 Å². The number of carbonyl (C=O) groups is 1. The molecule has 4 N–H and O–H groups in total. The second-order valence-corrected chi connectivity index (χ2v) is 8.64. The highest BCUT2D eigenvalue weighted by atomic mass is 32.1. The molecule has 0 aliphatic carbocycles. The van der Waals surface area contributed by atoms with Gasteiger partial charge in [-0.15, -0.1) is 0 Å². The van der Waals surface area contributed by atoms with Gasteiger partial charge in [0.25, 0.3) is 0 Å². The van der Waals surface area contributed by atoms with Gasteiger partial charge in [-0.3, -0.25) is 10.3 Å². The number of aryl methyl sites for hydroxylation is 2. The third kappa shape index (κ3) is 6.85. The second kappa shape index (κ2) is 11.6. The molecule has 9 nitrogen and oxygen atoms in total. The van der Waals surface area contributed by atoms with E-state index in [0.717, 1.165) is 27.9 Å².